The van der Waals surface area contributed by atoms with E-state index >= 15 is 0 Å². The first-order valence-electron chi connectivity index (χ1n) is 7.03. The smallest absolute Gasteiger partial charge is 0.320 e. The second kappa shape index (κ2) is 5.77. The number of hydrogen-bond donors (Lipinski definition) is 1. The van der Waals surface area contributed by atoms with Crippen LogP contribution in [0.3, 0.4) is 0 Å². The number of urea groups is 1. The van der Waals surface area contributed by atoms with Gasteiger partial charge < -0.3 is 14.9 Å². The van der Waals surface area contributed by atoms with E-state index in [2.05, 4.69) is 6.92 Å². The summed E-state index contributed by atoms with van der Waals surface area (Å²) in [5.74, 6) is -0.798. The molecule has 0 radical (unpaired) electrons. The molecule has 2 unspecified atom stereocenters. The van der Waals surface area contributed by atoms with E-state index in [9.17, 15) is 9.59 Å². The minimum absolute atomic E-state index is 0.118. The first-order chi connectivity index (χ1) is 9.00. The van der Waals surface area contributed by atoms with Crippen LogP contribution in [0.15, 0.2) is 0 Å². The third-order valence-electron chi connectivity index (χ3n) is 4.29. The van der Waals surface area contributed by atoms with E-state index in [-0.39, 0.29) is 6.03 Å². The van der Waals surface area contributed by atoms with Crippen LogP contribution in [0.1, 0.15) is 26.7 Å². The van der Waals surface area contributed by atoms with Crippen LogP contribution in [0.5, 0.6) is 0 Å². The lowest BCUT2D eigenvalue weighted by atomic mass is 10.2. The summed E-state index contributed by atoms with van der Waals surface area (Å²) in [6.45, 7) is 7.17. The molecular weight excluding hydrogens is 246 g/mol. The molecule has 2 saturated heterocycles. The highest BCUT2D eigenvalue weighted by Gasteiger charge is 2.32. The Hall–Kier alpha value is -1.30. The summed E-state index contributed by atoms with van der Waals surface area (Å²) >= 11 is 0. The van der Waals surface area contributed by atoms with Crippen molar-refractivity contribution in [3.05, 3.63) is 0 Å². The predicted molar refractivity (Wildman–Crippen MR) is 71.0 cm³/mol. The van der Waals surface area contributed by atoms with Crippen LogP contribution in [-0.4, -0.2) is 76.6 Å². The van der Waals surface area contributed by atoms with Gasteiger partial charge in [-0.3, -0.25) is 9.69 Å². The quantitative estimate of drug-likeness (QED) is 0.801. The molecule has 6 nitrogen and oxygen atoms in total. The lowest BCUT2D eigenvalue weighted by molar-refractivity contribution is -0.143. The number of aliphatic carboxylic acids is 1. The topological polar surface area (TPSA) is 64.1 Å². The third kappa shape index (κ3) is 3.00. The zero-order valence-electron chi connectivity index (χ0n) is 11.7. The SMILES string of the molecule is CC(C(=O)O)N1CCN(C(=O)N2CCCC2C)CC1. The molecule has 19 heavy (non-hydrogen) atoms. The van der Waals surface area contributed by atoms with Crippen molar-refractivity contribution in [3.8, 4) is 0 Å². The molecule has 2 aliphatic heterocycles. The maximum Gasteiger partial charge on any atom is 0.320 e. The second-order valence-electron chi connectivity index (χ2n) is 5.50. The largest absolute Gasteiger partial charge is 0.480 e. The van der Waals surface area contributed by atoms with Gasteiger partial charge in [-0.05, 0) is 26.7 Å². The van der Waals surface area contributed by atoms with Crippen LogP contribution in [0.25, 0.3) is 0 Å². The number of carboxylic acid groups (broad SMARTS) is 1. The highest BCUT2D eigenvalue weighted by Crippen LogP contribution is 2.19. The highest BCUT2D eigenvalue weighted by atomic mass is 16.4. The van der Waals surface area contributed by atoms with Gasteiger partial charge in [0.1, 0.15) is 6.04 Å². The van der Waals surface area contributed by atoms with Gasteiger partial charge in [0.25, 0.3) is 0 Å². The van der Waals surface area contributed by atoms with E-state index in [1.165, 1.54) is 0 Å². The van der Waals surface area contributed by atoms with Crippen molar-refractivity contribution in [2.45, 2.75) is 38.8 Å². The van der Waals surface area contributed by atoms with Gasteiger partial charge >= 0.3 is 12.0 Å². The Morgan fingerprint density at radius 2 is 1.79 bits per heavy atom. The lowest BCUT2D eigenvalue weighted by Crippen LogP contribution is -2.56. The van der Waals surface area contributed by atoms with Crippen molar-refractivity contribution in [1.82, 2.24) is 14.7 Å². The summed E-state index contributed by atoms with van der Waals surface area (Å²) in [5, 5.41) is 8.99. The molecule has 2 fully saturated rings. The van der Waals surface area contributed by atoms with Crippen LogP contribution < -0.4 is 0 Å². The lowest BCUT2D eigenvalue weighted by Gasteiger charge is -2.38. The number of carboxylic acids is 1. The van der Waals surface area contributed by atoms with Crippen LogP contribution >= 0.6 is 0 Å². The summed E-state index contributed by atoms with van der Waals surface area (Å²) in [6.07, 6.45) is 2.17. The van der Waals surface area contributed by atoms with E-state index in [0.717, 1.165) is 19.4 Å². The predicted octanol–water partition coefficient (Wildman–Crippen LogP) is 0.681. The Morgan fingerprint density at radius 1 is 1.16 bits per heavy atom. The minimum Gasteiger partial charge on any atom is -0.480 e. The number of nitrogens with zero attached hydrogens (tertiary/aromatic N) is 3. The average Bonchev–Trinajstić information content (AvgIpc) is 2.83. The van der Waals surface area contributed by atoms with Crippen LogP contribution in [0, 0.1) is 0 Å². The minimum atomic E-state index is -0.798. The molecule has 0 aliphatic carbocycles. The molecule has 2 aliphatic rings. The molecule has 1 N–H and O–H groups in total. The maximum absolute atomic E-state index is 12.3. The molecule has 0 aromatic carbocycles. The van der Waals surface area contributed by atoms with E-state index in [1.807, 2.05) is 14.7 Å². The standard InChI is InChI=1S/C13H23N3O3/c1-10-4-3-5-16(10)13(19)15-8-6-14(7-9-15)11(2)12(17)18/h10-11H,3-9H2,1-2H3,(H,17,18). The number of carbonyl (C=O) groups excluding carboxylic acids is 1. The van der Waals surface area contributed by atoms with Gasteiger partial charge in [0.15, 0.2) is 0 Å². The Morgan fingerprint density at radius 3 is 2.26 bits per heavy atom. The summed E-state index contributed by atoms with van der Waals surface area (Å²) in [6, 6.07) is -0.0148. The van der Waals surface area contributed by atoms with Crippen molar-refractivity contribution < 1.29 is 14.7 Å². The normalized spacial score (nSPS) is 26.5. The molecule has 0 bridgehead atoms. The summed E-state index contributed by atoms with van der Waals surface area (Å²) < 4.78 is 0. The Bertz CT molecular complexity index is 353. The van der Waals surface area contributed by atoms with Gasteiger partial charge in [0.05, 0.1) is 0 Å². The van der Waals surface area contributed by atoms with E-state index in [1.54, 1.807) is 6.92 Å². The molecular formula is C13H23N3O3. The molecule has 2 rings (SSSR count). The number of piperazine rings is 1. The van der Waals surface area contributed by atoms with Gasteiger partial charge in [-0.25, -0.2) is 4.79 Å². The van der Waals surface area contributed by atoms with Crippen LogP contribution in [0.2, 0.25) is 0 Å². The second-order valence-corrected chi connectivity index (χ2v) is 5.50. The number of hydrogen-bond acceptors (Lipinski definition) is 3. The molecule has 0 aromatic heterocycles. The van der Waals surface area contributed by atoms with Gasteiger partial charge in [-0.2, -0.15) is 0 Å². The van der Waals surface area contributed by atoms with Gasteiger partial charge in [-0.1, -0.05) is 0 Å². The van der Waals surface area contributed by atoms with Crippen molar-refractivity contribution in [1.29, 1.82) is 0 Å². The van der Waals surface area contributed by atoms with Gasteiger partial charge in [-0.15, -0.1) is 0 Å². The Balaban J connectivity index is 1.86. The fraction of sp³-hybridized carbons (Fsp3) is 0.846. The summed E-state index contributed by atoms with van der Waals surface area (Å²) in [4.78, 5) is 29.0. The molecule has 2 atom stereocenters. The number of amides is 2. The van der Waals surface area contributed by atoms with Crippen molar-refractivity contribution in [3.63, 3.8) is 0 Å². The summed E-state index contributed by atoms with van der Waals surface area (Å²) in [5.41, 5.74) is 0. The summed E-state index contributed by atoms with van der Waals surface area (Å²) in [7, 11) is 0. The Kier molecular flexibility index (Phi) is 4.29. The number of likely N-dealkylation sites (tertiary alicyclic amines) is 1. The first kappa shape index (κ1) is 14.1. The van der Waals surface area contributed by atoms with Crippen LogP contribution in [-0.2, 0) is 4.79 Å². The van der Waals surface area contributed by atoms with Crippen molar-refractivity contribution in [2.75, 3.05) is 32.7 Å². The van der Waals surface area contributed by atoms with E-state index in [0.29, 0.717) is 32.2 Å². The maximum atomic E-state index is 12.3. The molecule has 0 aromatic rings. The zero-order valence-corrected chi connectivity index (χ0v) is 11.7. The number of carbonyl (C=O) groups is 2. The molecule has 0 saturated carbocycles. The van der Waals surface area contributed by atoms with Crippen LogP contribution in [0.4, 0.5) is 4.79 Å². The Labute approximate surface area is 114 Å². The van der Waals surface area contributed by atoms with Crippen molar-refractivity contribution in [2.24, 2.45) is 0 Å². The molecule has 2 amide bonds. The fourth-order valence-corrected chi connectivity index (χ4v) is 2.86. The van der Waals surface area contributed by atoms with Crippen molar-refractivity contribution >= 4 is 12.0 Å². The molecule has 0 spiro atoms. The first-order valence-corrected chi connectivity index (χ1v) is 7.03. The van der Waals surface area contributed by atoms with E-state index < -0.39 is 12.0 Å². The molecule has 108 valence electrons. The highest BCUT2D eigenvalue weighted by molar-refractivity contribution is 5.75. The fourth-order valence-electron chi connectivity index (χ4n) is 2.86. The van der Waals surface area contributed by atoms with Gasteiger partial charge in [0.2, 0.25) is 0 Å². The average molecular weight is 269 g/mol. The molecule has 6 heteroatoms. The van der Waals surface area contributed by atoms with Gasteiger partial charge in [0, 0.05) is 38.8 Å². The third-order valence-corrected chi connectivity index (χ3v) is 4.29. The monoisotopic (exact) mass is 269 g/mol. The van der Waals surface area contributed by atoms with E-state index in [4.69, 9.17) is 5.11 Å². The molecule has 2 heterocycles. The zero-order chi connectivity index (χ0) is 14.0. The number of rotatable bonds is 2.